The zero-order chi connectivity index (χ0) is 7.40. The zero-order valence-corrected chi connectivity index (χ0v) is 6.34. The number of hydrogen-bond donors (Lipinski definition) is 0. The first-order chi connectivity index (χ1) is 4.83. The first-order valence-corrected chi connectivity index (χ1v) is 3.31. The summed E-state index contributed by atoms with van der Waals surface area (Å²) in [6.07, 6.45) is 3.34. The van der Waals surface area contributed by atoms with Gasteiger partial charge in [-0.2, -0.15) is 0 Å². The minimum Gasteiger partial charge on any atom is -0.261 e. The lowest BCUT2D eigenvalue weighted by Gasteiger charge is -1.90. The second-order valence-corrected chi connectivity index (χ2v) is 2.11. The van der Waals surface area contributed by atoms with Gasteiger partial charge in [0.05, 0.1) is 5.69 Å². The Morgan fingerprint density at radius 3 is 3.10 bits per heavy atom. The molecule has 0 unspecified atom stereocenters. The molecule has 0 aromatic carbocycles. The van der Waals surface area contributed by atoms with Crippen molar-refractivity contribution in [3.8, 4) is 0 Å². The van der Waals surface area contributed by atoms with E-state index >= 15 is 0 Å². The fourth-order valence-corrected chi connectivity index (χ4v) is 0.790. The van der Waals surface area contributed by atoms with Crippen molar-refractivity contribution in [2.75, 3.05) is 0 Å². The average molecular weight is 155 g/mol. The van der Waals surface area contributed by atoms with Crippen LogP contribution in [0.25, 0.3) is 0 Å². The highest BCUT2D eigenvalue weighted by Gasteiger charge is 1.88. The summed E-state index contributed by atoms with van der Waals surface area (Å²) in [6.45, 7) is 1.86. The van der Waals surface area contributed by atoms with E-state index in [1.54, 1.807) is 24.5 Å². The fraction of sp³-hybridized carbons (Fsp3) is 0.143. The van der Waals surface area contributed by atoms with Crippen LogP contribution in [0, 0.1) is 0 Å². The van der Waals surface area contributed by atoms with Crippen LogP contribution in [0.15, 0.2) is 23.3 Å². The molecule has 0 bridgehead atoms. The van der Waals surface area contributed by atoms with Gasteiger partial charge in [0.2, 0.25) is 0 Å². The SMILES string of the molecule is C/C=N\c1ccnc(Cl)c1. The number of aromatic nitrogens is 1. The van der Waals surface area contributed by atoms with Gasteiger partial charge >= 0.3 is 0 Å². The van der Waals surface area contributed by atoms with Crippen molar-refractivity contribution >= 4 is 23.5 Å². The van der Waals surface area contributed by atoms with Crippen LogP contribution in [-0.4, -0.2) is 11.2 Å². The summed E-state index contributed by atoms with van der Waals surface area (Å²) < 4.78 is 0. The lowest BCUT2D eigenvalue weighted by atomic mass is 10.4. The number of nitrogens with zero attached hydrogens (tertiary/aromatic N) is 2. The van der Waals surface area contributed by atoms with Crippen molar-refractivity contribution in [1.82, 2.24) is 4.98 Å². The predicted octanol–water partition coefficient (Wildman–Crippen LogP) is 2.46. The molecule has 0 atom stereocenters. The maximum absolute atomic E-state index is 5.60. The Kier molecular flexibility index (Phi) is 2.40. The minimum atomic E-state index is 0.475. The van der Waals surface area contributed by atoms with Crippen molar-refractivity contribution in [3.05, 3.63) is 23.5 Å². The fourth-order valence-electron chi connectivity index (χ4n) is 0.622. The van der Waals surface area contributed by atoms with Crippen molar-refractivity contribution < 1.29 is 0 Å². The van der Waals surface area contributed by atoms with E-state index in [-0.39, 0.29) is 0 Å². The van der Waals surface area contributed by atoms with Crippen LogP contribution < -0.4 is 0 Å². The molecular formula is C7H7ClN2. The first-order valence-electron chi connectivity index (χ1n) is 2.93. The van der Waals surface area contributed by atoms with Crippen molar-refractivity contribution in [1.29, 1.82) is 0 Å². The summed E-state index contributed by atoms with van der Waals surface area (Å²) in [5.74, 6) is 0. The van der Waals surface area contributed by atoms with Gasteiger partial charge in [0.25, 0.3) is 0 Å². The third kappa shape index (κ3) is 1.81. The second-order valence-electron chi connectivity index (χ2n) is 1.72. The highest BCUT2D eigenvalue weighted by Crippen LogP contribution is 2.13. The number of rotatable bonds is 1. The monoisotopic (exact) mass is 154 g/mol. The number of hydrogen-bond acceptors (Lipinski definition) is 2. The molecule has 0 saturated heterocycles. The Morgan fingerprint density at radius 2 is 2.50 bits per heavy atom. The van der Waals surface area contributed by atoms with E-state index in [2.05, 4.69) is 9.98 Å². The van der Waals surface area contributed by atoms with Crippen LogP contribution >= 0.6 is 11.6 Å². The molecule has 1 rings (SSSR count). The molecule has 0 aliphatic heterocycles. The lowest BCUT2D eigenvalue weighted by Crippen LogP contribution is -1.71. The van der Waals surface area contributed by atoms with Gasteiger partial charge < -0.3 is 0 Å². The molecule has 0 N–H and O–H groups in total. The Hall–Kier alpha value is -0.890. The summed E-state index contributed by atoms with van der Waals surface area (Å²) >= 11 is 5.60. The van der Waals surface area contributed by atoms with Gasteiger partial charge in [-0.3, -0.25) is 4.99 Å². The minimum absolute atomic E-state index is 0.475. The molecular weight excluding hydrogens is 148 g/mol. The molecule has 0 saturated carbocycles. The van der Waals surface area contributed by atoms with E-state index in [0.29, 0.717) is 5.15 Å². The van der Waals surface area contributed by atoms with E-state index in [1.807, 2.05) is 6.92 Å². The summed E-state index contributed by atoms with van der Waals surface area (Å²) in [5.41, 5.74) is 0.836. The van der Waals surface area contributed by atoms with Gasteiger partial charge in [0, 0.05) is 18.5 Å². The van der Waals surface area contributed by atoms with Gasteiger partial charge in [-0.1, -0.05) is 11.6 Å². The van der Waals surface area contributed by atoms with Crippen molar-refractivity contribution in [2.45, 2.75) is 6.92 Å². The molecule has 0 aliphatic carbocycles. The number of halogens is 1. The van der Waals surface area contributed by atoms with E-state index in [0.717, 1.165) is 5.69 Å². The van der Waals surface area contributed by atoms with E-state index in [1.165, 1.54) is 0 Å². The van der Waals surface area contributed by atoms with Gasteiger partial charge in [-0.15, -0.1) is 0 Å². The van der Waals surface area contributed by atoms with E-state index in [4.69, 9.17) is 11.6 Å². The maximum atomic E-state index is 5.60. The molecule has 1 aromatic heterocycles. The highest BCUT2D eigenvalue weighted by atomic mass is 35.5. The van der Waals surface area contributed by atoms with E-state index in [9.17, 15) is 0 Å². The van der Waals surface area contributed by atoms with Gasteiger partial charge in [-0.05, 0) is 13.0 Å². The third-order valence-corrected chi connectivity index (χ3v) is 1.20. The van der Waals surface area contributed by atoms with Crippen LogP contribution in [0.1, 0.15) is 6.92 Å². The standard InChI is InChI=1S/C7H7ClN2/c1-2-9-6-3-4-10-7(8)5-6/h2-5H,1H3/b9-2-. The molecule has 0 spiro atoms. The topological polar surface area (TPSA) is 25.2 Å². The summed E-state index contributed by atoms with van der Waals surface area (Å²) in [6, 6.07) is 3.51. The quantitative estimate of drug-likeness (QED) is 0.451. The molecule has 0 fully saturated rings. The molecule has 2 nitrogen and oxygen atoms in total. The molecule has 0 radical (unpaired) electrons. The zero-order valence-electron chi connectivity index (χ0n) is 5.58. The van der Waals surface area contributed by atoms with Crippen LogP contribution in [0.5, 0.6) is 0 Å². The maximum Gasteiger partial charge on any atom is 0.131 e. The molecule has 1 aromatic rings. The van der Waals surface area contributed by atoms with Gasteiger partial charge in [-0.25, -0.2) is 4.98 Å². The molecule has 52 valence electrons. The molecule has 0 aliphatic rings. The van der Waals surface area contributed by atoms with Crippen LogP contribution in [-0.2, 0) is 0 Å². The third-order valence-electron chi connectivity index (χ3n) is 0.988. The molecule has 3 heteroatoms. The van der Waals surface area contributed by atoms with Crippen molar-refractivity contribution in [2.24, 2.45) is 4.99 Å². The molecule has 10 heavy (non-hydrogen) atoms. The predicted molar refractivity (Wildman–Crippen MR) is 43.1 cm³/mol. The Bertz CT molecular complexity index is 245. The lowest BCUT2D eigenvalue weighted by molar-refractivity contribution is 1.31. The Morgan fingerprint density at radius 1 is 1.70 bits per heavy atom. The largest absolute Gasteiger partial charge is 0.261 e. The van der Waals surface area contributed by atoms with Crippen LogP contribution in [0.4, 0.5) is 5.69 Å². The second kappa shape index (κ2) is 3.32. The average Bonchev–Trinajstić information content (AvgIpc) is 1.88. The summed E-state index contributed by atoms with van der Waals surface area (Å²) in [4.78, 5) is 7.83. The number of pyridine rings is 1. The summed E-state index contributed by atoms with van der Waals surface area (Å²) in [5, 5.41) is 0.475. The van der Waals surface area contributed by atoms with Gasteiger partial charge in [0.15, 0.2) is 0 Å². The van der Waals surface area contributed by atoms with Crippen molar-refractivity contribution in [3.63, 3.8) is 0 Å². The van der Waals surface area contributed by atoms with E-state index < -0.39 is 0 Å². The number of aliphatic imine (C=N–C) groups is 1. The normalized spacial score (nSPS) is 10.6. The highest BCUT2D eigenvalue weighted by molar-refractivity contribution is 6.29. The Labute approximate surface area is 64.6 Å². The smallest absolute Gasteiger partial charge is 0.131 e. The first kappa shape index (κ1) is 7.22. The molecule has 1 heterocycles. The van der Waals surface area contributed by atoms with Crippen LogP contribution in [0.3, 0.4) is 0 Å². The van der Waals surface area contributed by atoms with Gasteiger partial charge in [0.1, 0.15) is 5.15 Å². The van der Waals surface area contributed by atoms with Crippen LogP contribution in [0.2, 0.25) is 5.15 Å². The summed E-state index contributed by atoms with van der Waals surface area (Å²) in [7, 11) is 0. The molecule has 0 amide bonds. The Balaban J connectivity index is 2.95.